The van der Waals surface area contributed by atoms with Crippen LogP contribution < -0.4 is 11.3 Å². The van der Waals surface area contributed by atoms with Crippen LogP contribution in [0.25, 0.3) is 21.9 Å². The average molecular weight is 428 g/mol. The molecular weight excluding hydrogens is 418 g/mol. The number of para-hydroxylation sites is 2. The van der Waals surface area contributed by atoms with E-state index in [0.29, 0.717) is 0 Å². The summed E-state index contributed by atoms with van der Waals surface area (Å²) in [5, 5.41) is 0.508. The van der Waals surface area contributed by atoms with Crippen molar-refractivity contribution in [3.63, 3.8) is 0 Å². The fraction of sp³-hybridized carbons (Fsp3) is 0.100. The Bertz CT molecular complexity index is 1210. The van der Waals surface area contributed by atoms with Crippen molar-refractivity contribution in [1.82, 2.24) is 0 Å². The van der Waals surface area contributed by atoms with Crippen LogP contribution in [0.3, 0.4) is 0 Å². The standard InChI is InChI=1S/2C10H5F3O2/c2*11-10(12,13)7-5-6-3-1-2-4-8(6)15-9(7)14/h2*1-5H. The summed E-state index contributed by atoms with van der Waals surface area (Å²) in [5.41, 5.74) is -4.98. The van der Waals surface area contributed by atoms with E-state index >= 15 is 0 Å². The van der Waals surface area contributed by atoms with E-state index in [9.17, 15) is 35.9 Å². The normalized spacial score (nSPS) is 11.9. The second-order valence-corrected chi connectivity index (χ2v) is 5.97. The summed E-state index contributed by atoms with van der Waals surface area (Å²) < 4.78 is 83.0. The Morgan fingerprint density at radius 3 is 1.23 bits per heavy atom. The van der Waals surface area contributed by atoms with Gasteiger partial charge in [-0.3, -0.25) is 0 Å². The van der Waals surface area contributed by atoms with Gasteiger partial charge in [-0.1, -0.05) is 36.4 Å². The maximum Gasteiger partial charge on any atom is 0.423 e. The average Bonchev–Trinajstić information content (AvgIpc) is 2.65. The number of alkyl halides is 6. The van der Waals surface area contributed by atoms with Crippen molar-refractivity contribution in [1.29, 1.82) is 0 Å². The lowest BCUT2D eigenvalue weighted by atomic mass is 10.2. The van der Waals surface area contributed by atoms with E-state index in [2.05, 4.69) is 8.83 Å². The highest BCUT2D eigenvalue weighted by Gasteiger charge is 2.35. The molecule has 30 heavy (non-hydrogen) atoms. The Kier molecular flexibility index (Phi) is 5.43. The molecule has 10 heteroatoms. The van der Waals surface area contributed by atoms with Crippen molar-refractivity contribution in [2.45, 2.75) is 12.4 Å². The lowest BCUT2D eigenvalue weighted by Gasteiger charge is -2.05. The molecule has 0 aliphatic heterocycles. The summed E-state index contributed by atoms with van der Waals surface area (Å²) >= 11 is 0. The molecule has 0 amide bonds. The molecule has 0 radical (unpaired) electrons. The highest BCUT2D eigenvalue weighted by atomic mass is 19.4. The molecule has 2 aromatic heterocycles. The first-order valence-corrected chi connectivity index (χ1v) is 8.17. The molecule has 0 bridgehead atoms. The monoisotopic (exact) mass is 428 g/mol. The minimum atomic E-state index is -4.68. The van der Waals surface area contributed by atoms with Crippen LogP contribution in [-0.4, -0.2) is 0 Å². The van der Waals surface area contributed by atoms with E-state index in [1.54, 1.807) is 24.3 Å². The fourth-order valence-electron chi connectivity index (χ4n) is 2.52. The Balaban J connectivity index is 0.000000171. The molecule has 0 aliphatic carbocycles. The van der Waals surface area contributed by atoms with Gasteiger partial charge in [0.2, 0.25) is 0 Å². The molecule has 0 saturated carbocycles. The second kappa shape index (κ2) is 7.69. The maximum atomic E-state index is 12.3. The Morgan fingerprint density at radius 2 is 0.900 bits per heavy atom. The van der Waals surface area contributed by atoms with Gasteiger partial charge in [0, 0.05) is 10.8 Å². The van der Waals surface area contributed by atoms with Gasteiger partial charge >= 0.3 is 23.6 Å². The van der Waals surface area contributed by atoms with Gasteiger partial charge in [-0.25, -0.2) is 9.59 Å². The minimum Gasteiger partial charge on any atom is -0.422 e. The number of halogens is 6. The Hall–Kier alpha value is -3.56. The fourth-order valence-corrected chi connectivity index (χ4v) is 2.52. The molecule has 0 spiro atoms. The predicted molar refractivity (Wildman–Crippen MR) is 95.0 cm³/mol. The first kappa shape index (κ1) is 21.2. The third-order valence-corrected chi connectivity index (χ3v) is 3.89. The van der Waals surface area contributed by atoms with E-state index < -0.39 is 34.7 Å². The van der Waals surface area contributed by atoms with E-state index in [1.807, 2.05) is 0 Å². The van der Waals surface area contributed by atoms with E-state index in [1.165, 1.54) is 24.3 Å². The topological polar surface area (TPSA) is 60.4 Å². The minimum absolute atomic E-state index is 0.149. The molecule has 4 aromatic rings. The van der Waals surface area contributed by atoms with Crippen molar-refractivity contribution in [2.24, 2.45) is 0 Å². The number of benzene rings is 2. The van der Waals surface area contributed by atoms with Crippen LogP contribution in [0.4, 0.5) is 26.3 Å². The van der Waals surface area contributed by atoms with Gasteiger partial charge in [0.1, 0.15) is 22.3 Å². The van der Waals surface area contributed by atoms with Crippen molar-refractivity contribution in [3.8, 4) is 0 Å². The van der Waals surface area contributed by atoms with Crippen molar-refractivity contribution in [3.05, 3.63) is 92.6 Å². The molecule has 0 unspecified atom stereocenters. The number of fused-ring (bicyclic) bond motifs is 2. The quantitative estimate of drug-likeness (QED) is 0.269. The molecule has 0 aliphatic rings. The van der Waals surface area contributed by atoms with Crippen LogP contribution in [0.15, 0.2) is 79.1 Å². The number of rotatable bonds is 0. The van der Waals surface area contributed by atoms with Gasteiger partial charge in [-0.15, -0.1) is 0 Å². The molecule has 0 atom stereocenters. The summed E-state index contributed by atoms with van der Waals surface area (Å²) in [6.07, 6.45) is -9.35. The van der Waals surface area contributed by atoms with Crippen molar-refractivity contribution >= 4 is 21.9 Å². The molecule has 0 N–H and O–H groups in total. The predicted octanol–water partition coefficient (Wildman–Crippen LogP) is 5.62. The molecular formula is C20H10F6O4. The highest BCUT2D eigenvalue weighted by molar-refractivity contribution is 5.77. The zero-order valence-electron chi connectivity index (χ0n) is 14.7. The van der Waals surface area contributed by atoms with Crippen LogP contribution in [-0.2, 0) is 12.4 Å². The molecule has 2 heterocycles. The molecule has 2 aromatic carbocycles. The molecule has 0 saturated heterocycles. The lowest BCUT2D eigenvalue weighted by molar-refractivity contribution is -0.140. The Labute approximate surface area is 163 Å². The summed E-state index contributed by atoms with van der Waals surface area (Å²) in [7, 11) is 0. The first-order chi connectivity index (χ1) is 14.0. The van der Waals surface area contributed by atoms with Gasteiger partial charge in [0.05, 0.1) is 0 Å². The zero-order chi connectivity index (χ0) is 22.1. The van der Waals surface area contributed by atoms with Gasteiger partial charge in [-0.05, 0) is 24.3 Å². The third-order valence-electron chi connectivity index (χ3n) is 3.89. The molecule has 4 rings (SSSR count). The van der Waals surface area contributed by atoms with Crippen LogP contribution in [0.2, 0.25) is 0 Å². The van der Waals surface area contributed by atoms with E-state index in [-0.39, 0.29) is 21.9 Å². The van der Waals surface area contributed by atoms with Gasteiger partial charge in [-0.2, -0.15) is 26.3 Å². The molecule has 156 valence electrons. The summed E-state index contributed by atoms with van der Waals surface area (Å²) in [6.45, 7) is 0. The van der Waals surface area contributed by atoms with Gasteiger partial charge < -0.3 is 8.83 Å². The second-order valence-electron chi connectivity index (χ2n) is 5.97. The summed E-state index contributed by atoms with van der Waals surface area (Å²) in [6, 6.07) is 13.7. The van der Waals surface area contributed by atoms with E-state index in [0.717, 1.165) is 12.1 Å². The lowest BCUT2D eigenvalue weighted by Crippen LogP contribution is -2.17. The largest absolute Gasteiger partial charge is 0.423 e. The zero-order valence-corrected chi connectivity index (χ0v) is 14.7. The SMILES string of the molecule is O=c1oc2ccccc2cc1C(F)(F)F.O=c1oc2ccccc2cc1C(F)(F)F. The number of hydrogen-bond donors (Lipinski definition) is 0. The van der Waals surface area contributed by atoms with Gasteiger partial charge in [0.15, 0.2) is 0 Å². The molecule has 4 nitrogen and oxygen atoms in total. The van der Waals surface area contributed by atoms with Gasteiger partial charge in [0.25, 0.3) is 0 Å². The van der Waals surface area contributed by atoms with Crippen LogP contribution in [0.5, 0.6) is 0 Å². The third kappa shape index (κ3) is 4.53. The maximum absolute atomic E-state index is 12.3. The van der Waals surface area contributed by atoms with Crippen LogP contribution in [0, 0.1) is 0 Å². The van der Waals surface area contributed by atoms with Crippen molar-refractivity contribution in [2.75, 3.05) is 0 Å². The number of hydrogen-bond acceptors (Lipinski definition) is 4. The highest BCUT2D eigenvalue weighted by Crippen LogP contribution is 2.29. The summed E-state index contributed by atoms with van der Waals surface area (Å²) in [5.74, 6) is 0. The van der Waals surface area contributed by atoms with Crippen LogP contribution >= 0.6 is 0 Å². The first-order valence-electron chi connectivity index (χ1n) is 8.17. The van der Waals surface area contributed by atoms with E-state index in [4.69, 9.17) is 0 Å². The summed E-state index contributed by atoms with van der Waals surface area (Å²) in [4.78, 5) is 22.0. The smallest absolute Gasteiger partial charge is 0.422 e. The van der Waals surface area contributed by atoms with Crippen molar-refractivity contribution < 1.29 is 35.2 Å². The van der Waals surface area contributed by atoms with Crippen LogP contribution in [0.1, 0.15) is 11.1 Å². The Morgan fingerprint density at radius 1 is 0.567 bits per heavy atom. The molecule has 0 fully saturated rings.